The minimum Gasteiger partial charge on any atom is -0.468 e. The molecular formula is C13H19N3O2. The average Bonchev–Trinajstić information content (AvgIpc) is 3.29. The van der Waals surface area contributed by atoms with Crippen LogP contribution in [0.1, 0.15) is 25.7 Å². The fourth-order valence-corrected chi connectivity index (χ4v) is 2.60. The molecule has 0 bridgehead atoms. The van der Waals surface area contributed by atoms with Crippen molar-refractivity contribution in [3.05, 3.63) is 18.7 Å². The zero-order chi connectivity index (χ0) is 12.6. The van der Waals surface area contributed by atoms with Gasteiger partial charge in [-0.25, -0.2) is 9.78 Å². The Morgan fingerprint density at radius 1 is 1.50 bits per heavy atom. The predicted molar refractivity (Wildman–Crippen MR) is 65.9 cm³/mol. The van der Waals surface area contributed by atoms with Gasteiger partial charge in [0.15, 0.2) is 0 Å². The van der Waals surface area contributed by atoms with Crippen molar-refractivity contribution in [1.82, 2.24) is 14.9 Å². The highest BCUT2D eigenvalue weighted by molar-refractivity contribution is 5.81. The number of rotatable bonds is 6. The molecule has 18 heavy (non-hydrogen) atoms. The highest BCUT2D eigenvalue weighted by atomic mass is 16.5. The number of aromatic nitrogens is 2. The number of carbonyl (C=O) groups is 1. The molecule has 0 spiro atoms. The van der Waals surface area contributed by atoms with E-state index in [2.05, 4.69) is 10.3 Å². The van der Waals surface area contributed by atoms with Crippen LogP contribution in [0, 0.1) is 5.92 Å². The summed E-state index contributed by atoms with van der Waals surface area (Å²) in [6.07, 6.45) is 9.92. The molecule has 1 aromatic rings. The summed E-state index contributed by atoms with van der Waals surface area (Å²) in [5, 5.41) is 3.53. The smallest absolute Gasteiger partial charge is 0.328 e. The first-order valence-electron chi connectivity index (χ1n) is 6.56. The van der Waals surface area contributed by atoms with Crippen LogP contribution in [0.5, 0.6) is 0 Å². The van der Waals surface area contributed by atoms with Gasteiger partial charge >= 0.3 is 5.97 Å². The van der Waals surface area contributed by atoms with Gasteiger partial charge in [0, 0.05) is 18.4 Å². The van der Waals surface area contributed by atoms with Crippen molar-refractivity contribution in [1.29, 1.82) is 0 Å². The monoisotopic (exact) mass is 249 g/mol. The lowest BCUT2D eigenvalue weighted by Crippen LogP contribution is -2.58. The van der Waals surface area contributed by atoms with Crippen molar-refractivity contribution < 1.29 is 9.53 Å². The first kappa shape index (κ1) is 11.7. The molecule has 1 atom stereocenters. The molecule has 0 aromatic carbocycles. The van der Waals surface area contributed by atoms with Crippen LogP contribution in [0.25, 0.3) is 0 Å². The summed E-state index contributed by atoms with van der Waals surface area (Å²) >= 11 is 0. The van der Waals surface area contributed by atoms with Crippen molar-refractivity contribution in [2.45, 2.75) is 43.8 Å². The van der Waals surface area contributed by atoms with Gasteiger partial charge in [0.1, 0.15) is 5.54 Å². The molecule has 0 aliphatic heterocycles. The van der Waals surface area contributed by atoms with E-state index in [1.165, 1.54) is 7.11 Å². The first-order valence-corrected chi connectivity index (χ1v) is 6.56. The Morgan fingerprint density at radius 3 is 2.78 bits per heavy atom. The summed E-state index contributed by atoms with van der Waals surface area (Å²) in [6.45, 7) is 0.612. The van der Waals surface area contributed by atoms with Crippen molar-refractivity contribution in [3.63, 3.8) is 0 Å². The number of nitrogens with one attached hydrogen (secondary N) is 1. The fourth-order valence-electron chi connectivity index (χ4n) is 2.60. The first-order chi connectivity index (χ1) is 8.74. The lowest BCUT2D eigenvalue weighted by atomic mass is 9.92. The van der Waals surface area contributed by atoms with E-state index in [1.54, 1.807) is 12.5 Å². The second-order valence-corrected chi connectivity index (χ2v) is 5.39. The zero-order valence-electron chi connectivity index (χ0n) is 10.6. The topological polar surface area (TPSA) is 56.2 Å². The maximum absolute atomic E-state index is 12.3. The molecule has 0 amide bonds. The Hall–Kier alpha value is -1.36. The van der Waals surface area contributed by atoms with E-state index in [1.807, 2.05) is 10.8 Å². The van der Waals surface area contributed by atoms with Crippen molar-refractivity contribution in [2.24, 2.45) is 5.92 Å². The summed E-state index contributed by atoms with van der Waals surface area (Å²) in [6, 6.07) is 0.480. The lowest BCUT2D eigenvalue weighted by molar-refractivity contribution is -0.150. The molecule has 5 nitrogen and oxygen atoms in total. The highest BCUT2D eigenvalue weighted by Gasteiger charge is 2.54. The summed E-state index contributed by atoms with van der Waals surface area (Å²) in [7, 11) is 1.47. The quantitative estimate of drug-likeness (QED) is 0.763. The van der Waals surface area contributed by atoms with Crippen LogP contribution in [0.3, 0.4) is 0 Å². The lowest BCUT2D eigenvalue weighted by Gasteiger charge is -2.32. The molecule has 2 fully saturated rings. The third kappa shape index (κ3) is 2.14. The highest BCUT2D eigenvalue weighted by Crippen LogP contribution is 2.43. The largest absolute Gasteiger partial charge is 0.468 e. The molecule has 0 radical (unpaired) electrons. The molecule has 5 heteroatoms. The number of esters is 1. The molecular weight excluding hydrogens is 230 g/mol. The van der Waals surface area contributed by atoms with E-state index in [0.29, 0.717) is 18.5 Å². The van der Waals surface area contributed by atoms with Gasteiger partial charge in [0.25, 0.3) is 0 Å². The van der Waals surface area contributed by atoms with Gasteiger partial charge in [-0.2, -0.15) is 0 Å². The fraction of sp³-hybridized carbons (Fsp3) is 0.692. The van der Waals surface area contributed by atoms with Crippen LogP contribution in [0.2, 0.25) is 0 Å². The van der Waals surface area contributed by atoms with E-state index < -0.39 is 5.54 Å². The van der Waals surface area contributed by atoms with Gasteiger partial charge in [-0.05, 0) is 31.6 Å². The van der Waals surface area contributed by atoms with Gasteiger partial charge in [-0.1, -0.05) is 0 Å². The molecule has 1 unspecified atom stereocenters. The molecule has 3 rings (SSSR count). The second kappa shape index (κ2) is 4.39. The van der Waals surface area contributed by atoms with Crippen molar-refractivity contribution >= 4 is 5.97 Å². The van der Waals surface area contributed by atoms with Crippen LogP contribution in [0.4, 0.5) is 0 Å². The van der Waals surface area contributed by atoms with Gasteiger partial charge in [0.2, 0.25) is 0 Å². The zero-order valence-corrected chi connectivity index (χ0v) is 10.6. The Kier molecular flexibility index (Phi) is 2.86. The summed E-state index contributed by atoms with van der Waals surface area (Å²) in [5.74, 6) is 0.263. The minimum atomic E-state index is -0.559. The average molecular weight is 249 g/mol. The predicted octanol–water partition coefficient (Wildman–Crippen LogP) is 0.957. The van der Waals surface area contributed by atoms with Gasteiger partial charge < -0.3 is 9.30 Å². The van der Waals surface area contributed by atoms with E-state index in [9.17, 15) is 4.79 Å². The summed E-state index contributed by atoms with van der Waals surface area (Å²) in [5.41, 5.74) is -0.559. The van der Waals surface area contributed by atoms with Crippen molar-refractivity contribution in [2.75, 3.05) is 7.11 Å². The number of carbonyl (C=O) groups excluding carboxylic acids is 1. The van der Waals surface area contributed by atoms with E-state index >= 15 is 0 Å². The van der Waals surface area contributed by atoms with E-state index in [-0.39, 0.29) is 5.97 Å². The maximum Gasteiger partial charge on any atom is 0.328 e. The molecule has 2 aliphatic carbocycles. The third-order valence-corrected chi connectivity index (χ3v) is 3.85. The second-order valence-electron chi connectivity index (χ2n) is 5.39. The number of ether oxygens (including phenoxy) is 1. The normalized spacial score (nSPS) is 22.5. The summed E-state index contributed by atoms with van der Waals surface area (Å²) in [4.78, 5) is 16.3. The van der Waals surface area contributed by atoms with Crippen LogP contribution in [-0.4, -0.2) is 34.2 Å². The molecule has 2 aliphatic rings. The number of nitrogens with zero attached hydrogens (tertiary/aromatic N) is 2. The molecule has 1 aromatic heterocycles. The van der Waals surface area contributed by atoms with Gasteiger partial charge in [-0.15, -0.1) is 0 Å². The third-order valence-electron chi connectivity index (χ3n) is 3.85. The van der Waals surface area contributed by atoms with E-state index in [0.717, 1.165) is 25.7 Å². The Balaban J connectivity index is 1.85. The molecule has 98 valence electrons. The van der Waals surface area contributed by atoms with Gasteiger partial charge in [-0.3, -0.25) is 5.32 Å². The van der Waals surface area contributed by atoms with Crippen LogP contribution >= 0.6 is 0 Å². The Labute approximate surface area is 107 Å². The maximum atomic E-state index is 12.3. The number of hydrogen-bond donors (Lipinski definition) is 1. The number of imidazole rings is 1. The summed E-state index contributed by atoms with van der Waals surface area (Å²) < 4.78 is 7.02. The Morgan fingerprint density at radius 2 is 2.28 bits per heavy atom. The van der Waals surface area contributed by atoms with Gasteiger partial charge in [0.05, 0.1) is 20.0 Å². The molecule has 1 N–H and O–H groups in total. The van der Waals surface area contributed by atoms with Crippen LogP contribution in [0.15, 0.2) is 18.7 Å². The van der Waals surface area contributed by atoms with Crippen LogP contribution < -0.4 is 5.32 Å². The molecule has 2 saturated carbocycles. The van der Waals surface area contributed by atoms with Crippen LogP contribution in [-0.2, 0) is 16.1 Å². The number of methoxy groups -OCH3 is 1. The van der Waals surface area contributed by atoms with Crippen molar-refractivity contribution in [3.8, 4) is 0 Å². The standard InChI is InChI=1S/C13H19N3O2/c1-18-12(17)13(10-2-3-10,15-11-4-5-11)8-16-7-6-14-9-16/h6-7,9-11,15H,2-5,8H2,1H3. The number of hydrogen-bond acceptors (Lipinski definition) is 4. The SMILES string of the molecule is COC(=O)C(Cn1ccnc1)(NC1CC1)C1CC1. The molecule has 1 heterocycles. The molecule has 0 saturated heterocycles. The Bertz CT molecular complexity index is 423. The minimum absolute atomic E-state index is 0.134. The van der Waals surface area contributed by atoms with E-state index in [4.69, 9.17) is 4.74 Å².